The molecule has 0 aromatic carbocycles. The Labute approximate surface area is 170 Å². The Morgan fingerprint density at radius 1 is 1.07 bits per heavy atom. The average Bonchev–Trinajstić information content (AvgIpc) is 2.75. The van der Waals surface area contributed by atoms with E-state index in [0.717, 1.165) is 42.6 Å². The predicted octanol–water partition coefficient (Wildman–Crippen LogP) is 3.37. The van der Waals surface area contributed by atoms with Gasteiger partial charge in [0, 0.05) is 66.9 Å². The molecule has 2 aromatic heterocycles. The molecule has 6 heteroatoms. The SMILES string of the molecule is O=C(NC1CCCCC1)N1C[C@@H]2C[C@@H](C1)c1c(-c3cccnc3)ccc(=O)n1C2. The quantitative estimate of drug-likeness (QED) is 0.852. The highest BCUT2D eigenvalue weighted by atomic mass is 16.2. The Balaban J connectivity index is 1.43. The van der Waals surface area contributed by atoms with Crippen molar-refractivity contribution in [2.24, 2.45) is 5.92 Å². The number of hydrogen-bond donors (Lipinski definition) is 1. The van der Waals surface area contributed by atoms with Gasteiger partial charge in [-0.15, -0.1) is 0 Å². The first-order chi connectivity index (χ1) is 14.2. The van der Waals surface area contributed by atoms with Crippen molar-refractivity contribution in [3.8, 4) is 11.1 Å². The van der Waals surface area contributed by atoms with Crippen LogP contribution in [0.2, 0.25) is 0 Å². The van der Waals surface area contributed by atoms with Gasteiger partial charge in [-0.3, -0.25) is 9.78 Å². The molecule has 2 amide bonds. The number of likely N-dealkylation sites (tertiary alicyclic amines) is 1. The van der Waals surface area contributed by atoms with Crippen LogP contribution >= 0.6 is 0 Å². The summed E-state index contributed by atoms with van der Waals surface area (Å²) < 4.78 is 1.94. The molecule has 29 heavy (non-hydrogen) atoms. The summed E-state index contributed by atoms with van der Waals surface area (Å²) >= 11 is 0. The van der Waals surface area contributed by atoms with E-state index in [-0.39, 0.29) is 17.5 Å². The Hall–Kier alpha value is -2.63. The van der Waals surface area contributed by atoms with E-state index in [2.05, 4.69) is 10.3 Å². The van der Waals surface area contributed by atoms with Crippen molar-refractivity contribution in [2.75, 3.05) is 13.1 Å². The molecular weight excluding hydrogens is 364 g/mol. The first kappa shape index (κ1) is 18.4. The van der Waals surface area contributed by atoms with Crippen LogP contribution in [0.3, 0.4) is 0 Å². The van der Waals surface area contributed by atoms with Crippen LogP contribution in [-0.4, -0.2) is 39.6 Å². The van der Waals surface area contributed by atoms with Crippen LogP contribution in [0.5, 0.6) is 0 Å². The zero-order valence-electron chi connectivity index (χ0n) is 16.7. The predicted molar refractivity (Wildman–Crippen MR) is 112 cm³/mol. The molecule has 6 nitrogen and oxygen atoms in total. The van der Waals surface area contributed by atoms with E-state index in [0.29, 0.717) is 25.0 Å². The number of nitrogens with one attached hydrogen (secondary N) is 1. The maximum Gasteiger partial charge on any atom is 0.317 e. The molecule has 2 atom stereocenters. The van der Waals surface area contributed by atoms with Crippen molar-refractivity contribution in [1.29, 1.82) is 0 Å². The molecule has 1 N–H and O–H groups in total. The molecule has 0 radical (unpaired) electrons. The minimum atomic E-state index is 0.0578. The molecule has 5 rings (SSSR count). The summed E-state index contributed by atoms with van der Waals surface area (Å²) in [5.74, 6) is 0.518. The van der Waals surface area contributed by atoms with Gasteiger partial charge in [0.1, 0.15) is 0 Å². The smallest absolute Gasteiger partial charge is 0.317 e. The van der Waals surface area contributed by atoms with Crippen LogP contribution < -0.4 is 10.9 Å². The maximum absolute atomic E-state index is 13.0. The number of pyridine rings is 2. The minimum Gasteiger partial charge on any atom is -0.335 e. The summed E-state index contributed by atoms with van der Waals surface area (Å²) in [5.41, 5.74) is 3.22. The second-order valence-electron chi connectivity index (χ2n) is 8.81. The third kappa shape index (κ3) is 3.56. The molecule has 2 aromatic rings. The first-order valence-corrected chi connectivity index (χ1v) is 10.9. The van der Waals surface area contributed by atoms with Crippen molar-refractivity contribution < 1.29 is 4.79 Å². The van der Waals surface area contributed by atoms with Gasteiger partial charge in [0.05, 0.1) is 0 Å². The molecule has 1 saturated heterocycles. The Morgan fingerprint density at radius 2 is 1.93 bits per heavy atom. The number of fused-ring (bicyclic) bond motifs is 4. The van der Waals surface area contributed by atoms with Crippen LogP contribution in [-0.2, 0) is 6.54 Å². The van der Waals surface area contributed by atoms with E-state index in [1.165, 1.54) is 19.3 Å². The van der Waals surface area contributed by atoms with Crippen LogP contribution in [0.4, 0.5) is 4.79 Å². The van der Waals surface area contributed by atoms with E-state index in [1.807, 2.05) is 33.9 Å². The van der Waals surface area contributed by atoms with E-state index in [4.69, 9.17) is 0 Å². The van der Waals surface area contributed by atoms with Crippen LogP contribution in [0.15, 0.2) is 41.5 Å². The molecule has 0 unspecified atom stereocenters. The van der Waals surface area contributed by atoms with Crippen LogP contribution in [0, 0.1) is 5.92 Å². The highest BCUT2D eigenvalue weighted by Gasteiger charge is 2.38. The maximum atomic E-state index is 13.0. The van der Waals surface area contributed by atoms with E-state index in [9.17, 15) is 9.59 Å². The molecule has 3 aliphatic rings. The fourth-order valence-electron chi connectivity index (χ4n) is 5.46. The second-order valence-corrected chi connectivity index (χ2v) is 8.81. The number of urea groups is 1. The highest BCUT2D eigenvalue weighted by molar-refractivity contribution is 5.75. The van der Waals surface area contributed by atoms with Gasteiger partial charge in [0.25, 0.3) is 5.56 Å². The lowest BCUT2D eigenvalue weighted by Crippen LogP contribution is -2.53. The van der Waals surface area contributed by atoms with E-state index in [1.54, 1.807) is 12.3 Å². The van der Waals surface area contributed by atoms with Crippen molar-refractivity contribution in [3.63, 3.8) is 0 Å². The lowest BCUT2D eigenvalue weighted by molar-refractivity contribution is 0.127. The zero-order valence-corrected chi connectivity index (χ0v) is 16.7. The molecule has 2 bridgehead atoms. The zero-order chi connectivity index (χ0) is 19.8. The monoisotopic (exact) mass is 392 g/mol. The van der Waals surface area contributed by atoms with Crippen LogP contribution in [0.25, 0.3) is 11.1 Å². The van der Waals surface area contributed by atoms with Gasteiger partial charge in [-0.1, -0.05) is 25.3 Å². The molecular formula is C23H28N4O2. The number of nitrogens with zero attached hydrogens (tertiary/aromatic N) is 3. The lowest BCUT2D eigenvalue weighted by Gasteiger charge is -2.44. The fraction of sp³-hybridized carbons (Fsp3) is 0.522. The number of carbonyl (C=O) groups is 1. The second kappa shape index (κ2) is 7.65. The third-order valence-electron chi connectivity index (χ3n) is 6.78. The van der Waals surface area contributed by atoms with Crippen molar-refractivity contribution in [3.05, 3.63) is 52.7 Å². The van der Waals surface area contributed by atoms with Gasteiger partial charge in [-0.2, -0.15) is 0 Å². The number of carbonyl (C=O) groups excluding carboxylic acids is 1. The molecule has 2 aliphatic heterocycles. The Kier molecular flexibility index (Phi) is 4.86. The van der Waals surface area contributed by atoms with Gasteiger partial charge < -0.3 is 14.8 Å². The summed E-state index contributed by atoms with van der Waals surface area (Å²) in [6.45, 7) is 2.09. The first-order valence-electron chi connectivity index (χ1n) is 10.9. The highest BCUT2D eigenvalue weighted by Crippen LogP contribution is 2.39. The Bertz CT molecular complexity index is 949. The van der Waals surface area contributed by atoms with Gasteiger partial charge >= 0.3 is 6.03 Å². The summed E-state index contributed by atoms with van der Waals surface area (Å²) in [6.07, 6.45) is 10.5. The summed E-state index contributed by atoms with van der Waals surface area (Å²) in [4.78, 5) is 31.8. The number of amides is 2. The van der Waals surface area contributed by atoms with Gasteiger partial charge in [0.2, 0.25) is 0 Å². The standard InChI is InChI=1S/C23H28N4O2/c28-21-9-8-20(17-5-4-10-24-12-17)22-18-11-16(14-27(21)22)13-26(15-18)23(29)25-19-6-2-1-3-7-19/h4-5,8-10,12,16,18-19H,1-3,6-7,11,13-15H2,(H,25,29)/t16-,18-/m0/s1. The summed E-state index contributed by atoms with van der Waals surface area (Å²) in [7, 11) is 0. The van der Waals surface area contributed by atoms with Crippen molar-refractivity contribution >= 4 is 6.03 Å². The van der Waals surface area contributed by atoms with Crippen molar-refractivity contribution in [2.45, 2.75) is 57.0 Å². The van der Waals surface area contributed by atoms with Crippen LogP contribution in [0.1, 0.15) is 50.1 Å². The number of piperidine rings is 1. The number of aromatic nitrogens is 2. The molecule has 1 aliphatic carbocycles. The minimum absolute atomic E-state index is 0.0578. The fourth-order valence-corrected chi connectivity index (χ4v) is 5.46. The van der Waals surface area contributed by atoms with Gasteiger partial charge in [-0.05, 0) is 37.3 Å². The number of rotatable bonds is 2. The van der Waals surface area contributed by atoms with E-state index < -0.39 is 0 Å². The summed E-state index contributed by atoms with van der Waals surface area (Å²) in [5, 5.41) is 3.27. The molecule has 2 fully saturated rings. The normalized spacial score (nSPS) is 24.1. The topological polar surface area (TPSA) is 67.2 Å². The van der Waals surface area contributed by atoms with Crippen molar-refractivity contribution in [1.82, 2.24) is 19.8 Å². The largest absolute Gasteiger partial charge is 0.335 e. The molecule has 0 spiro atoms. The van der Waals surface area contributed by atoms with E-state index >= 15 is 0 Å². The third-order valence-corrected chi connectivity index (χ3v) is 6.78. The summed E-state index contributed by atoms with van der Waals surface area (Å²) in [6, 6.07) is 7.94. The molecule has 152 valence electrons. The number of hydrogen-bond acceptors (Lipinski definition) is 3. The van der Waals surface area contributed by atoms with Gasteiger partial charge in [0.15, 0.2) is 0 Å². The lowest BCUT2D eigenvalue weighted by atomic mass is 9.80. The molecule has 1 saturated carbocycles. The Morgan fingerprint density at radius 3 is 2.72 bits per heavy atom. The molecule has 4 heterocycles. The average molecular weight is 393 g/mol. The van der Waals surface area contributed by atoms with Gasteiger partial charge in [-0.25, -0.2) is 4.79 Å².